The monoisotopic (exact) mass is 342 g/mol. The first kappa shape index (κ1) is 17.1. The Morgan fingerprint density at radius 1 is 1.17 bits per heavy atom. The zero-order valence-electron chi connectivity index (χ0n) is 12.3. The smallest absolute Gasteiger partial charge is 0.243 e. The van der Waals surface area contributed by atoms with Gasteiger partial charge in [-0.1, -0.05) is 6.07 Å². The molecule has 2 rings (SSSR count). The standard InChI is InChI=1S/C14H16F2N4O2S/c1-9-7-10(15)14(23(17,21)22)11(8-9)18-5-6-19-13-4-2-3-12(16)20-13/h2-4,7-8,18H,5-6H2,1H3,(H,19,20)(H2,17,21,22). The summed E-state index contributed by atoms with van der Waals surface area (Å²) in [6.45, 7) is 2.20. The maximum Gasteiger partial charge on any atom is 0.243 e. The SMILES string of the molecule is Cc1cc(F)c(S(N)(=O)=O)c(NCCNc2cccc(F)n2)c1. The number of hydrogen-bond acceptors (Lipinski definition) is 5. The number of halogens is 2. The fraction of sp³-hybridized carbons (Fsp3) is 0.214. The molecule has 0 aliphatic heterocycles. The number of pyridine rings is 1. The molecule has 1 aromatic carbocycles. The van der Waals surface area contributed by atoms with Gasteiger partial charge < -0.3 is 10.6 Å². The predicted octanol–water partition coefficient (Wildman–Crippen LogP) is 1.84. The number of hydrogen-bond donors (Lipinski definition) is 3. The predicted molar refractivity (Wildman–Crippen MR) is 83.7 cm³/mol. The van der Waals surface area contributed by atoms with Crippen LogP contribution >= 0.6 is 0 Å². The van der Waals surface area contributed by atoms with Crippen LogP contribution in [0.2, 0.25) is 0 Å². The van der Waals surface area contributed by atoms with Crippen molar-refractivity contribution in [2.24, 2.45) is 5.14 Å². The zero-order chi connectivity index (χ0) is 17.0. The summed E-state index contributed by atoms with van der Waals surface area (Å²) >= 11 is 0. The maximum absolute atomic E-state index is 13.9. The van der Waals surface area contributed by atoms with Gasteiger partial charge >= 0.3 is 0 Å². The summed E-state index contributed by atoms with van der Waals surface area (Å²) in [7, 11) is -4.20. The van der Waals surface area contributed by atoms with Crippen LogP contribution in [0.5, 0.6) is 0 Å². The lowest BCUT2D eigenvalue weighted by molar-refractivity contribution is 0.568. The van der Waals surface area contributed by atoms with E-state index < -0.39 is 26.7 Å². The molecule has 0 radical (unpaired) electrons. The van der Waals surface area contributed by atoms with E-state index in [1.54, 1.807) is 13.0 Å². The van der Waals surface area contributed by atoms with Gasteiger partial charge in [0.2, 0.25) is 16.0 Å². The van der Waals surface area contributed by atoms with Crippen molar-refractivity contribution in [1.29, 1.82) is 0 Å². The van der Waals surface area contributed by atoms with Crippen molar-refractivity contribution < 1.29 is 17.2 Å². The van der Waals surface area contributed by atoms with E-state index in [1.807, 2.05) is 0 Å². The number of sulfonamides is 1. The minimum absolute atomic E-state index is 0.0824. The number of primary sulfonamides is 1. The first-order valence-electron chi connectivity index (χ1n) is 6.70. The number of anilines is 2. The molecule has 1 aromatic heterocycles. The molecule has 0 atom stereocenters. The van der Waals surface area contributed by atoms with Gasteiger partial charge in [-0.3, -0.25) is 0 Å². The van der Waals surface area contributed by atoms with E-state index in [0.717, 1.165) is 6.07 Å². The molecule has 0 saturated carbocycles. The van der Waals surface area contributed by atoms with Gasteiger partial charge in [-0.2, -0.15) is 4.39 Å². The molecule has 1 heterocycles. The van der Waals surface area contributed by atoms with Gasteiger partial charge in [0.1, 0.15) is 16.5 Å². The van der Waals surface area contributed by atoms with Gasteiger partial charge in [0.15, 0.2) is 0 Å². The normalized spacial score (nSPS) is 11.3. The molecule has 0 fully saturated rings. The van der Waals surface area contributed by atoms with Crippen LogP contribution in [0.1, 0.15) is 5.56 Å². The van der Waals surface area contributed by atoms with Gasteiger partial charge in [-0.15, -0.1) is 0 Å². The molecule has 4 N–H and O–H groups in total. The lowest BCUT2D eigenvalue weighted by atomic mass is 10.2. The van der Waals surface area contributed by atoms with Gasteiger partial charge in [-0.25, -0.2) is 22.9 Å². The molecule has 6 nitrogen and oxygen atoms in total. The maximum atomic E-state index is 13.9. The van der Waals surface area contributed by atoms with E-state index >= 15 is 0 Å². The average molecular weight is 342 g/mol. The largest absolute Gasteiger partial charge is 0.382 e. The van der Waals surface area contributed by atoms with Crippen molar-refractivity contribution in [3.05, 3.63) is 47.7 Å². The van der Waals surface area contributed by atoms with Crippen molar-refractivity contribution in [2.75, 3.05) is 23.7 Å². The van der Waals surface area contributed by atoms with Gasteiger partial charge in [0, 0.05) is 13.1 Å². The van der Waals surface area contributed by atoms with Crippen molar-refractivity contribution >= 4 is 21.5 Å². The van der Waals surface area contributed by atoms with Crippen LogP contribution in [0.15, 0.2) is 35.2 Å². The number of nitrogens with zero attached hydrogens (tertiary/aromatic N) is 1. The van der Waals surface area contributed by atoms with E-state index in [4.69, 9.17) is 5.14 Å². The van der Waals surface area contributed by atoms with E-state index in [0.29, 0.717) is 17.9 Å². The third-order valence-corrected chi connectivity index (χ3v) is 3.92. The summed E-state index contributed by atoms with van der Waals surface area (Å²) in [5.41, 5.74) is 0.635. The third kappa shape index (κ3) is 4.60. The molecule has 124 valence electrons. The number of benzene rings is 1. The number of aromatic nitrogens is 1. The minimum atomic E-state index is -4.20. The van der Waals surface area contributed by atoms with Crippen LogP contribution in [0.4, 0.5) is 20.3 Å². The Labute approximate surface area is 132 Å². The third-order valence-electron chi connectivity index (χ3n) is 2.93. The second-order valence-corrected chi connectivity index (χ2v) is 6.37. The Morgan fingerprint density at radius 3 is 2.52 bits per heavy atom. The fourth-order valence-electron chi connectivity index (χ4n) is 2.04. The van der Waals surface area contributed by atoms with Crippen molar-refractivity contribution in [1.82, 2.24) is 4.98 Å². The highest BCUT2D eigenvalue weighted by Gasteiger charge is 2.20. The van der Waals surface area contributed by atoms with Crippen molar-refractivity contribution in [2.45, 2.75) is 11.8 Å². The topological polar surface area (TPSA) is 97.1 Å². The molecule has 0 bridgehead atoms. The van der Waals surface area contributed by atoms with Crippen LogP contribution in [-0.2, 0) is 10.0 Å². The lowest BCUT2D eigenvalue weighted by Crippen LogP contribution is -2.20. The molecule has 2 aromatic rings. The molecule has 0 spiro atoms. The van der Waals surface area contributed by atoms with Gasteiger partial charge in [-0.05, 0) is 36.8 Å². The fourth-order valence-corrected chi connectivity index (χ4v) is 2.81. The van der Waals surface area contributed by atoms with Crippen LogP contribution < -0.4 is 15.8 Å². The average Bonchev–Trinajstić information content (AvgIpc) is 2.41. The van der Waals surface area contributed by atoms with E-state index in [9.17, 15) is 17.2 Å². The number of nitrogens with one attached hydrogen (secondary N) is 2. The number of rotatable bonds is 6. The van der Waals surface area contributed by atoms with E-state index in [1.165, 1.54) is 18.2 Å². The molecule has 0 amide bonds. The Morgan fingerprint density at radius 2 is 1.87 bits per heavy atom. The van der Waals surface area contributed by atoms with Crippen molar-refractivity contribution in [3.8, 4) is 0 Å². The highest BCUT2D eigenvalue weighted by atomic mass is 32.2. The second kappa shape index (κ2) is 6.88. The first-order valence-corrected chi connectivity index (χ1v) is 8.25. The molecule has 0 unspecified atom stereocenters. The summed E-state index contributed by atoms with van der Waals surface area (Å²) in [5, 5.41) is 10.7. The molecular formula is C14H16F2N4O2S. The van der Waals surface area contributed by atoms with Gasteiger partial charge in [0.25, 0.3) is 0 Å². The van der Waals surface area contributed by atoms with Crippen LogP contribution in [0, 0.1) is 18.7 Å². The molecule has 0 aliphatic rings. The number of aryl methyl sites for hydroxylation is 1. The van der Waals surface area contributed by atoms with Crippen LogP contribution in [0.3, 0.4) is 0 Å². The van der Waals surface area contributed by atoms with Crippen molar-refractivity contribution in [3.63, 3.8) is 0 Å². The van der Waals surface area contributed by atoms with Crippen LogP contribution in [0.25, 0.3) is 0 Å². The summed E-state index contributed by atoms with van der Waals surface area (Å²) in [4.78, 5) is 3.04. The summed E-state index contributed by atoms with van der Waals surface area (Å²) in [6.07, 6.45) is 0. The second-order valence-electron chi connectivity index (χ2n) is 4.87. The van der Waals surface area contributed by atoms with E-state index in [-0.39, 0.29) is 12.2 Å². The Balaban J connectivity index is 2.06. The highest BCUT2D eigenvalue weighted by Crippen LogP contribution is 2.25. The van der Waals surface area contributed by atoms with Crippen LogP contribution in [-0.4, -0.2) is 26.5 Å². The molecule has 0 aliphatic carbocycles. The Bertz CT molecular complexity index is 812. The summed E-state index contributed by atoms with van der Waals surface area (Å²) in [6, 6.07) is 6.90. The molecule has 9 heteroatoms. The molecule has 23 heavy (non-hydrogen) atoms. The summed E-state index contributed by atoms with van der Waals surface area (Å²) < 4.78 is 49.8. The van der Waals surface area contributed by atoms with E-state index in [2.05, 4.69) is 15.6 Å². The zero-order valence-corrected chi connectivity index (χ0v) is 13.1. The highest BCUT2D eigenvalue weighted by molar-refractivity contribution is 7.89. The molecular weight excluding hydrogens is 326 g/mol. The Hall–Kier alpha value is -2.26. The van der Waals surface area contributed by atoms with Gasteiger partial charge in [0.05, 0.1) is 5.69 Å². The Kier molecular flexibility index (Phi) is 5.12. The first-order chi connectivity index (χ1) is 10.8. The quantitative estimate of drug-likeness (QED) is 0.550. The number of nitrogens with two attached hydrogens (primary N) is 1. The molecule has 0 saturated heterocycles. The minimum Gasteiger partial charge on any atom is -0.382 e. The lowest BCUT2D eigenvalue weighted by Gasteiger charge is -2.13. The summed E-state index contributed by atoms with van der Waals surface area (Å²) in [5.74, 6) is -1.18.